The normalized spacial score (nSPS) is 14.2. The Kier molecular flexibility index (Phi) is 6.01. The van der Waals surface area contributed by atoms with Crippen LogP contribution in [0.15, 0.2) is 30.3 Å². The van der Waals surface area contributed by atoms with Crippen molar-refractivity contribution in [1.29, 1.82) is 0 Å². The van der Waals surface area contributed by atoms with Gasteiger partial charge in [0.2, 0.25) is 5.95 Å². The summed E-state index contributed by atoms with van der Waals surface area (Å²) in [7, 11) is 1.64. The molecule has 0 aliphatic carbocycles. The zero-order valence-corrected chi connectivity index (χ0v) is 15.2. The molecule has 1 aliphatic heterocycles. The molecule has 1 aromatic carbocycles. The standard InChI is InChI=1S/C19H24N4O3/c1-14-13-17(22-19(21-14)23-9-11-26-12-10-23)18(24)20-8-7-15-3-5-16(25-2)6-4-15/h3-6,13H,7-12H2,1-2H3,(H,20,24). The van der Waals surface area contributed by atoms with Crippen LogP contribution in [0.1, 0.15) is 21.7 Å². The van der Waals surface area contributed by atoms with Crippen LogP contribution >= 0.6 is 0 Å². The molecule has 3 rings (SSSR count). The third-order valence-corrected chi connectivity index (χ3v) is 4.23. The van der Waals surface area contributed by atoms with Crippen LogP contribution in [0.25, 0.3) is 0 Å². The Labute approximate surface area is 153 Å². The number of methoxy groups -OCH3 is 1. The number of aryl methyl sites for hydroxylation is 1. The molecule has 1 aliphatic rings. The predicted octanol–water partition coefficient (Wildman–Crippen LogP) is 1.60. The average Bonchev–Trinajstić information content (AvgIpc) is 2.68. The van der Waals surface area contributed by atoms with Crippen molar-refractivity contribution in [3.63, 3.8) is 0 Å². The number of nitrogens with one attached hydrogen (secondary N) is 1. The van der Waals surface area contributed by atoms with Crippen LogP contribution < -0.4 is 15.0 Å². The van der Waals surface area contributed by atoms with E-state index in [1.165, 1.54) is 0 Å². The van der Waals surface area contributed by atoms with E-state index >= 15 is 0 Å². The van der Waals surface area contributed by atoms with Gasteiger partial charge in [0.15, 0.2) is 0 Å². The van der Waals surface area contributed by atoms with E-state index < -0.39 is 0 Å². The monoisotopic (exact) mass is 356 g/mol. The Balaban J connectivity index is 1.59. The topological polar surface area (TPSA) is 76.6 Å². The Morgan fingerprint density at radius 3 is 2.65 bits per heavy atom. The highest BCUT2D eigenvalue weighted by atomic mass is 16.5. The van der Waals surface area contributed by atoms with Gasteiger partial charge in [0.25, 0.3) is 5.91 Å². The first kappa shape index (κ1) is 18.1. The fourth-order valence-electron chi connectivity index (χ4n) is 2.78. The number of hydrogen-bond donors (Lipinski definition) is 1. The van der Waals surface area contributed by atoms with Crippen LogP contribution in [0, 0.1) is 6.92 Å². The fraction of sp³-hybridized carbons (Fsp3) is 0.421. The molecule has 0 unspecified atom stereocenters. The zero-order valence-electron chi connectivity index (χ0n) is 15.2. The number of ether oxygens (including phenoxy) is 2. The number of rotatable bonds is 6. The molecular weight excluding hydrogens is 332 g/mol. The van der Waals surface area contributed by atoms with E-state index in [0.717, 1.165) is 36.5 Å². The Hall–Kier alpha value is -2.67. The van der Waals surface area contributed by atoms with E-state index in [2.05, 4.69) is 15.3 Å². The minimum Gasteiger partial charge on any atom is -0.497 e. The van der Waals surface area contributed by atoms with Crippen molar-refractivity contribution >= 4 is 11.9 Å². The maximum Gasteiger partial charge on any atom is 0.270 e. The second kappa shape index (κ2) is 8.62. The molecule has 1 saturated heterocycles. The fourth-order valence-corrected chi connectivity index (χ4v) is 2.78. The lowest BCUT2D eigenvalue weighted by molar-refractivity contribution is 0.0948. The first-order valence-electron chi connectivity index (χ1n) is 8.75. The molecule has 1 fully saturated rings. The van der Waals surface area contributed by atoms with Crippen molar-refractivity contribution in [2.24, 2.45) is 0 Å². The van der Waals surface area contributed by atoms with Gasteiger partial charge in [-0.25, -0.2) is 9.97 Å². The van der Waals surface area contributed by atoms with Gasteiger partial charge in [0.1, 0.15) is 11.4 Å². The van der Waals surface area contributed by atoms with E-state index in [1.807, 2.05) is 36.1 Å². The number of amides is 1. The number of carbonyl (C=O) groups is 1. The molecule has 26 heavy (non-hydrogen) atoms. The second-order valence-corrected chi connectivity index (χ2v) is 6.15. The molecule has 1 N–H and O–H groups in total. The number of anilines is 1. The third-order valence-electron chi connectivity index (χ3n) is 4.23. The van der Waals surface area contributed by atoms with E-state index in [-0.39, 0.29) is 5.91 Å². The predicted molar refractivity (Wildman–Crippen MR) is 98.8 cm³/mol. The molecule has 7 heteroatoms. The Morgan fingerprint density at radius 1 is 1.23 bits per heavy atom. The quantitative estimate of drug-likeness (QED) is 0.847. The average molecular weight is 356 g/mol. The van der Waals surface area contributed by atoms with Crippen molar-refractivity contribution in [3.05, 3.63) is 47.3 Å². The van der Waals surface area contributed by atoms with Crippen molar-refractivity contribution < 1.29 is 14.3 Å². The molecule has 2 heterocycles. The van der Waals surface area contributed by atoms with Gasteiger partial charge in [-0.3, -0.25) is 4.79 Å². The summed E-state index contributed by atoms with van der Waals surface area (Å²) in [5, 5.41) is 2.93. The highest BCUT2D eigenvalue weighted by molar-refractivity contribution is 5.92. The summed E-state index contributed by atoms with van der Waals surface area (Å²) in [5.74, 6) is 1.23. The Morgan fingerprint density at radius 2 is 1.96 bits per heavy atom. The summed E-state index contributed by atoms with van der Waals surface area (Å²) in [6.07, 6.45) is 0.746. The molecule has 7 nitrogen and oxygen atoms in total. The summed E-state index contributed by atoms with van der Waals surface area (Å²) >= 11 is 0. The number of morpholine rings is 1. The summed E-state index contributed by atoms with van der Waals surface area (Å²) in [6.45, 7) is 5.20. The van der Waals surface area contributed by atoms with E-state index in [9.17, 15) is 4.79 Å². The van der Waals surface area contributed by atoms with E-state index in [0.29, 0.717) is 31.4 Å². The van der Waals surface area contributed by atoms with Gasteiger partial charge in [-0.2, -0.15) is 0 Å². The molecule has 1 aromatic heterocycles. The maximum atomic E-state index is 12.5. The summed E-state index contributed by atoms with van der Waals surface area (Å²) in [4.78, 5) is 23.4. The molecule has 0 saturated carbocycles. The molecule has 0 spiro atoms. The lowest BCUT2D eigenvalue weighted by Crippen LogP contribution is -2.38. The van der Waals surface area contributed by atoms with Crippen LogP contribution in [0.5, 0.6) is 5.75 Å². The van der Waals surface area contributed by atoms with Crippen LogP contribution in [0.3, 0.4) is 0 Å². The molecule has 2 aromatic rings. The Bertz CT molecular complexity index is 743. The van der Waals surface area contributed by atoms with E-state index in [1.54, 1.807) is 13.2 Å². The van der Waals surface area contributed by atoms with Crippen molar-refractivity contribution in [3.8, 4) is 5.75 Å². The number of aromatic nitrogens is 2. The number of benzene rings is 1. The second-order valence-electron chi connectivity index (χ2n) is 6.15. The van der Waals surface area contributed by atoms with Gasteiger partial charge in [-0.1, -0.05) is 12.1 Å². The third kappa shape index (κ3) is 4.70. The lowest BCUT2D eigenvalue weighted by Gasteiger charge is -2.27. The van der Waals surface area contributed by atoms with Gasteiger partial charge >= 0.3 is 0 Å². The minimum atomic E-state index is -0.182. The van der Waals surface area contributed by atoms with Crippen LogP contribution in [-0.4, -0.2) is 55.8 Å². The molecule has 0 radical (unpaired) electrons. The summed E-state index contributed by atoms with van der Waals surface area (Å²) < 4.78 is 10.5. The smallest absolute Gasteiger partial charge is 0.270 e. The van der Waals surface area contributed by atoms with Crippen LogP contribution in [-0.2, 0) is 11.2 Å². The number of nitrogens with zero attached hydrogens (tertiary/aromatic N) is 3. The SMILES string of the molecule is COc1ccc(CCNC(=O)c2cc(C)nc(N3CCOCC3)n2)cc1. The van der Waals surface area contributed by atoms with E-state index in [4.69, 9.17) is 9.47 Å². The number of carbonyl (C=O) groups excluding carboxylic acids is 1. The molecule has 1 amide bonds. The molecule has 0 atom stereocenters. The highest BCUT2D eigenvalue weighted by Gasteiger charge is 2.17. The van der Waals surface area contributed by atoms with Crippen LogP contribution in [0.4, 0.5) is 5.95 Å². The molecule has 138 valence electrons. The van der Waals surface area contributed by atoms with Crippen molar-refractivity contribution in [2.75, 3.05) is 44.9 Å². The molecular formula is C19H24N4O3. The zero-order chi connectivity index (χ0) is 18.4. The highest BCUT2D eigenvalue weighted by Crippen LogP contribution is 2.13. The van der Waals surface area contributed by atoms with Gasteiger partial charge in [-0.05, 0) is 37.1 Å². The summed E-state index contributed by atoms with van der Waals surface area (Å²) in [5.41, 5.74) is 2.31. The number of hydrogen-bond acceptors (Lipinski definition) is 6. The van der Waals surface area contributed by atoms with Gasteiger partial charge < -0.3 is 19.7 Å². The van der Waals surface area contributed by atoms with Crippen LogP contribution in [0.2, 0.25) is 0 Å². The first-order chi connectivity index (χ1) is 12.7. The minimum absolute atomic E-state index is 0.182. The van der Waals surface area contributed by atoms with Gasteiger partial charge in [-0.15, -0.1) is 0 Å². The maximum absolute atomic E-state index is 12.5. The first-order valence-corrected chi connectivity index (χ1v) is 8.75. The lowest BCUT2D eigenvalue weighted by atomic mass is 10.1. The summed E-state index contributed by atoms with van der Waals surface area (Å²) in [6, 6.07) is 9.54. The van der Waals surface area contributed by atoms with Crippen molar-refractivity contribution in [1.82, 2.24) is 15.3 Å². The largest absolute Gasteiger partial charge is 0.497 e. The van der Waals surface area contributed by atoms with Crippen molar-refractivity contribution in [2.45, 2.75) is 13.3 Å². The molecule has 0 bridgehead atoms. The van der Waals surface area contributed by atoms with Gasteiger partial charge in [0, 0.05) is 25.3 Å². The van der Waals surface area contributed by atoms with Gasteiger partial charge in [0.05, 0.1) is 20.3 Å².